The fourth-order valence-corrected chi connectivity index (χ4v) is 2.67. The minimum Gasteiger partial charge on any atom is -0.394 e. The van der Waals surface area contributed by atoms with Crippen LogP contribution in [0, 0.1) is 0 Å². The van der Waals surface area contributed by atoms with Gasteiger partial charge in [-0.05, 0) is 6.42 Å². The van der Waals surface area contributed by atoms with E-state index in [1.807, 2.05) is 0 Å². The smallest absolute Gasteiger partial charge is 0.186 e. The highest BCUT2D eigenvalue weighted by Crippen LogP contribution is 2.24. The maximum atomic E-state index is 9.80. The highest BCUT2D eigenvalue weighted by atomic mass is 16.7. The SMILES string of the molecule is CCCCCCCCCCO[C@H]1O[C@H]([C@H](O)CO)[C@H](O)[C@@H]1O. The summed E-state index contributed by atoms with van der Waals surface area (Å²) in [6.45, 7) is 2.13. The molecule has 0 aromatic heterocycles. The monoisotopic (exact) mass is 320 g/mol. The molecule has 5 atom stereocenters. The summed E-state index contributed by atoms with van der Waals surface area (Å²) in [5, 5.41) is 37.9. The second-order valence-corrected chi connectivity index (χ2v) is 6.05. The van der Waals surface area contributed by atoms with Crippen LogP contribution in [-0.2, 0) is 9.47 Å². The highest BCUT2D eigenvalue weighted by Gasteiger charge is 2.46. The largest absolute Gasteiger partial charge is 0.394 e. The summed E-state index contributed by atoms with van der Waals surface area (Å²) >= 11 is 0. The van der Waals surface area contributed by atoms with Gasteiger partial charge in [-0.3, -0.25) is 0 Å². The molecule has 1 heterocycles. The normalized spacial score (nSPS) is 29.9. The van der Waals surface area contributed by atoms with Gasteiger partial charge < -0.3 is 29.9 Å². The molecule has 1 rings (SSSR count). The van der Waals surface area contributed by atoms with Crippen LogP contribution < -0.4 is 0 Å². The summed E-state index contributed by atoms with van der Waals surface area (Å²) in [5.41, 5.74) is 0. The Balaban J connectivity index is 2.07. The molecule has 132 valence electrons. The predicted octanol–water partition coefficient (Wildman–Crippen LogP) is 0.944. The molecule has 1 aliphatic heterocycles. The first kappa shape index (κ1) is 19.8. The molecule has 1 fully saturated rings. The molecule has 6 heteroatoms. The molecule has 0 radical (unpaired) electrons. The first-order valence-electron chi connectivity index (χ1n) is 8.54. The van der Waals surface area contributed by atoms with Gasteiger partial charge in [-0.2, -0.15) is 0 Å². The number of hydrogen-bond acceptors (Lipinski definition) is 6. The molecule has 0 unspecified atom stereocenters. The van der Waals surface area contributed by atoms with E-state index in [0.717, 1.165) is 12.8 Å². The molecule has 0 spiro atoms. The maximum Gasteiger partial charge on any atom is 0.186 e. The van der Waals surface area contributed by atoms with E-state index >= 15 is 0 Å². The Bertz CT molecular complexity index is 275. The van der Waals surface area contributed by atoms with Gasteiger partial charge in [0.15, 0.2) is 6.29 Å². The van der Waals surface area contributed by atoms with Crippen molar-refractivity contribution in [3.8, 4) is 0 Å². The van der Waals surface area contributed by atoms with Crippen LogP contribution in [0.5, 0.6) is 0 Å². The van der Waals surface area contributed by atoms with Gasteiger partial charge in [0.1, 0.15) is 24.4 Å². The van der Waals surface area contributed by atoms with E-state index in [4.69, 9.17) is 14.6 Å². The topological polar surface area (TPSA) is 99.4 Å². The van der Waals surface area contributed by atoms with E-state index in [0.29, 0.717) is 6.61 Å². The van der Waals surface area contributed by atoms with E-state index in [2.05, 4.69) is 6.92 Å². The van der Waals surface area contributed by atoms with E-state index in [-0.39, 0.29) is 0 Å². The third-order valence-corrected chi connectivity index (χ3v) is 4.10. The first-order valence-corrected chi connectivity index (χ1v) is 8.54. The van der Waals surface area contributed by atoms with Crippen LogP contribution in [0.2, 0.25) is 0 Å². The second-order valence-electron chi connectivity index (χ2n) is 6.05. The van der Waals surface area contributed by atoms with Gasteiger partial charge in [0.2, 0.25) is 0 Å². The maximum absolute atomic E-state index is 9.80. The zero-order chi connectivity index (χ0) is 16.4. The number of aliphatic hydroxyl groups excluding tert-OH is 4. The third-order valence-electron chi connectivity index (χ3n) is 4.10. The fourth-order valence-electron chi connectivity index (χ4n) is 2.67. The van der Waals surface area contributed by atoms with Crippen molar-refractivity contribution >= 4 is 0 Å². The summed E-state index contributed by atoms with van der Waals surface area (Å²) in [7, 11) is 0. The van der Waals surface area contributed by atoms with Crippen LogP contribution in [0.15, 0.2) is 0 Å². The molecule has 0 aromatic carbocycles. The van der Waals surface area contributed by atoms with Gasteiger partial charge >= 0.3 is 0 Å². The molecule has 4 N–H and O–H groups in total. The van der Waals surface area contributed by atoms with Gasteiger partial charge in [-0.1, -0.05) is 51.9 Å². The molecule has 0 amide bonds. The number of hydrogen-bond donors (Lipinski definition) is 4. The van der Waals surface area contributed by atoms with Crippen molar-refractivity contribution in [2.45, 2.75) is 89.0 Å². The molecule has 1 saturated heterocycles. The van der Waals surface area contributed by atoms with E-state index in [1.165, 1.54) is 38.5 Å². The van der Waals surface area contributed by atoms with Gasteiger partial charge in [0, 0.05) is 6.61 Å². The molecule has 6 nitrogen and oxygen atoms in total. The minimum atomic E-state index is -1.24. The first-order chi connectivity index (χ1) is 10.6. The van der Waals surface area contributed by atoms with Crippen molar-refractivity contribution in [1.82, 2.24) is 0 Å². The Morgan fingerprint density at radius 2 is 1.55 bits per heavy atom. The van der Waals surface area contributed by atoms with E-state index in [1.54, 1.807) is 0 Å². The van der Waals surface area contributed by atoms with E-state index < -0.39 is 37.3 Å². The summed E-state index contributed by atoms with van der Waals surface area (Å²) in [5.74, 6) is 0. The van der Waals surface area contributed by atoms with E-state index in [9.17, 15) is 15.3 Å². The summed E-state index contributed by atoms with van der Waals surface area (Å²) in [6, 6.07) is 0. The van der Waals surface area contributed by atoms with Crippen molar-refractivity contribution in [1.29, 1.82) is 0 Å². The lowest BCUT2D eigenvalue weighted by atomic mass is 10.1. The second kappa shape index (κ2) is 11.3. The molecule has 0 saturated carbocycles. The Morgan fingerprint density at radius 1 is 0.955 bits per heavy atom. The number of aliphatic hydroxyl groups is 4. The highest BCUT2D eigenvalue weighted by molar-refractivity contribution is 4.90. The van der Waals surface area contributed by atoms with Crippen molar-refractivity contribution in [3.63, 3.8) is 0 Å². The van der Waals surface area contributed by atoms with Crippen LogP contribution in [0.1, 0.15) is 58.3 Å². The lowest BCUT2D eigenvalue weighted by Crippen LogP contribution is -2.40. The average molecular weight is 320 g/mol. The van der Waals surface area contributed by atoms with Crippen LogP contribution in [0.25, 0.3) is 0 Å². The lowest BCUT2D eigenvalue weighted by Gasteiger charge is -2.18. The molecule has 1 aliphatic rings. The fraction of sp³-hybridized carbons (Fsp3) is 1.00. The van der Waals surface area contributed by atoms with Crippen LogP contribution in [0.4, 0.5) is 0 Å². The van der Waals surface area contributed by atoms with Crippen molar-refractivity contribution in [3.05, 3.63) is 0 Å². The Labute approximate surface area is 133 Å². The third kappa shape index (κ3) is 6.48. The summed E-state index contributed by atoms with van der Waals surface area (Å²) < 4.78 is 10.7. The minimum absolute atomic E-state index is 0.450. The van der Waals surface area contributed by atoms with Crippen molar-refractivity contribution < 1.29 is 29.9 Å². The Morgan fingerprint density at radius 3 is 2.14 bits per heavy atom. The molecule has 22 heavy (non-hydrogen) atoms. The zero-order valence-corrected chi connectivity index (χ0v) is 13.6. The molecular formula is C16H32O6. The van der Waals surface area contributed by atoms with Crippen LogP contribution >= 0.6 is 0 Å². The summed E-state index contributed by atoms with van der Waals surface area (Å²) in [4.78, 5) is 0. The number of ether oxygens (including phenoxy) is 2. The number of unbranched alkanes of at least 4 members (excludes halogenated alkanes) is 7. The Hall–Kier alpha value is -0.240. The average Bonchev–Trinajstić information content (AvgIpc) is 2.81. The quantitative estimate of drug-likeness (QED) is 0.400. The van der Waals surface area contributed by atoms with Gasteiger partial charge in [0.05, 0.1) is 6.61 Å². The van der Waals surface area contributed by atoms with Gasteiger partial charge in [-0.15, -0.1) is 0 Å². The molecule has 0 bridgehead atoms. The van der Waals surface area contributed by atoms with Crippen LogP contribution in [0.3, 0.4) is 0 Å². The Kier molecular flexibility index (Phi) is 10.2. The predicted molar refractivity (Wildman–Crippen MR) is 82.3 cm³/mol. The zero-order valence-electron chi connectivity index (χ0n) is 13.6. The van der Waals surface area contributed by atoms with Crippen LogP contribution in [-0.4, -0.2) is 64.3 Å². The molecular weight excluding hydrogens is 288 g/mol. The molecule has 0 aromatic rings. The van der Waals surface area contributed by atoms with Crippen molar-refractivity contribution in [2.24, 2.45) is 0 Å². The molecule has 0 aliphatic carbocycles. The summed E-state index contributed by atoms with van der Waals surface area (Å²) in [6.07, 6.45) is 3.92. The van der Waals surface area contributed by atoms with Crippen molar-refractivity contribution in [2.75, 3.05) is 13.2 Å². The van der Waals surface area contributed by atoms with Gasteiger partial charge in [0.25, 0.3) is 0 Å². The number of rotatable bonds is 12. The van der Waals surface area contributed by atoms with Gasteiger partial charge in [-0.25, -0.2) is 0 Å². The lowest BCUT2D eigenvalue weighted by molar-refractivity contribution is -0.181. The standard InChI is InChI=1S/C16H32O6/c1-2-3-4-5-6-7-8-9-10-21-16-14(20)13(19)15(22-16)12(18)11-17/h12-20H,2-11H2,1H3/t12-,13-,14+,15-,16+/m1/s1.